The standard InChI is InChI=1S/C60H107NO5/c1-4-7-10-13-16-19-22-24-26-28-29-31-33-35-38-41-44-47-50-53-60(65)66-56(51-48-45-42-39-37-34-32-30-27-25-23-20-17-14-11-8-5-2)54-59(64)61-57(55-62)58(63)52-49-46-43-40-36-21-18-15-12-9-6-3/h7,10,16,19,24-27,29,31,35,38,56-58,62-63H,4-6,8-9,11-15,17-18,20-23,28,30,32-34,36-37,39-55H2,1-3H3,(H,61,64)/b10-7-,19-16-,26-24-,27-25+,31-29-,38-35-. The Balaban J connectivity index is 4.64. The number of hydrogen-bond acceptors (Lipinski definition) is 5. The molecule has 0 aromatic heterocycles. The Bertz CT molecular complexity index is 1220. The summed E-state index contributed by atoms with van der Waals surface area (Å²) in [5, 5.41) is 23.8. The summed E-state index contributed by atoms with van der Waals surface area (Å²) in [6.07, 6.45) is 68.2. The third kappa shape index (κ3) is 47.8. The van der Waals surface area contributed by atoms with Crippen molar-refractivity contribution < 1.29 is 24.5 Å². The molecule has 66 heavy (non-hydrogen) atoms. The average Bonchev–Trinajstić information content (AvgIpc) is 3.31. The van der Waals surface area contributed by atoms with Gasteiger partial charge in [-0.15, -0.1) is 0 Å². The van der Waals surface area contributed by atoms with Gasteiger partial charge in [0, 0.05) is 6.42 Å². The molecule has 0 aliphatic heterocycles. The van der Waals surface area contributed by atoms with Crippen molar-refractivity contribution in [3.63, 3.8) is 0 Å². The van der Waals surface area contributed by atoms with Crippen LogP contribution in [0.5, 0.6) is 0 Å². The van der Waals surface area contributed by atoms with Crippen molar-refractivity contribution in [2.75, 3.05) is 6.61 Å². The molecule has 1 amide bonds. The van der Waals surface area contributed by atoms with Crippen LogP contribution in [0.15, 0.2) is 72.9 Å². The first-order valence-corrected chi connectivity index (χ1v) is 28.2. The fraction of sp³-hybridized carbons (Fsp3) is 0.767. The zero-order chi connectivity index (χ0) is 48.1. The van der Waals surface area contributed by atoms with Crippen LogP contribution in [0.1, 0.15) is 271 Å². The molecule has 3 atom stereocenters. The number of allylic oxidation sites excluding steroid dienone is 12. The summed E-state index contributed by atoms with van der Waals surface area (Å²) in [6, 6.07) is -0.712. The zero-order valence-corrected chi connectivity index (χ0v) is 43.6. The van der Waals surface area contributed by atoms with Crippen molar-refractivity contribution >= 4 is 11.9 Å². The van der Waals surface area contributed by atoms with E-state index in [1.54, 1.807) is 0 Å². The van der Waals surface area contributed by atoms with Crippen LogP contribution in [-0.2, 0) is 14.3 Å². The van der Waals surface area contributed by atoms with E-state index in [1.807, 2.05) is 0 Å². The highest BCUT2D eigenvalue weighted by molar-refractivity contribution is 5.77. The van der Waals surface area contributed by atoms with Crippen LogP contribution in [0.3, 0.4) is 0 Å². The Morgan fingerprint density at radius 3 is 1.26 bits per heavy atom. The Kier molecular flexibility index (Phi) is 51.1. The smallest absolute Gasteiger partial charge is 0.306 e. The second-order valence-corrected chi connectivity index (χ2v) is 19.0. The third-order valence-corrected chi connectivity index (χ3v) is 12.5. The predicted molar refractivity (Wildman–Crippen MR) is 287 cm³/mol. The molecule has 0 rings (SSSR count). The number of aliphatic hydroxyl groups excluding tert-OH is 2. The van der Waals surface area contributed by atoms with E-state index < -0.39 is 18.2 Å². The minimum atomic E-state index is -0.797. The lowest BCUT2D eigenvalue weighted by molar-refractivity contribution is -0.151. The van der Waals surface area contributed by atoms with E-state index in [-0.39, 0.29) is 24.9 Å². The van der Waals surface area contributed by atoms with E-state index in [1.165, 1.54) is 128 Å². The average molecular weight is 923 g/mol. The van der Waals surface area contributed by atoms with Gasteiger partial charge in [0.1, 0.15) is 6.10 Å². The van der Waals surface area contributed by atoms with Crippen LogP contribution in [-0.4, -0.2) is 46.9 Å². The first-order chi connectivity index (χ1) is 32.5. The van der Waals surface area contributed by atoms with Gasteiger partial charge in [-0.2, -0.15) is 0 Å². The Labute approximate surface area is 409 Å². The second kappa shape index (κ2) is 53.3. The summed E-state index contributed by atoms with van der Waals surface area (Å²) < 4.78 is 5.94. The molecular weight excluding hydrogens is 815 g/mol. The molecule has 3 unspecified atom stereocenters. The first kappa shape index (κ1) is 63.3. The van der Waals surface area contributed by atoms with Gasteiger partial charge in [-0.05, 0) is 96.3 Å². The van der Waals surface area contributed by atoms with Crippen molar-refractivity contribution in [1.29, 1.82) is 0 Å². The molecule has 0 fully saturated rings. The van der Waals surface area contributed by atoms with Gasteiger partial charge in [-0.1, -0.05) is 235 Å². The van der Waals surface area contributed by atoms with Gasteiger partial charge in [0.15, 0.2) is 0 Å². The zero-order valence-electron chi connectivity index (χ0n) is 43.6. The summed E-state index contributed by atoms with van der Waals surface area (Å²) in [7, 11) is 0. The monoisotopic (exact) mass is 922 g/mol. The van der Waals surface area contributed by atoms with Crippen molar-refractivity contribution in [1.82, 2.24) is 5.32 Å². The fourth-order valence-corrected chi connectivity index (χ4v) is 8.28. The Morgan fingerprint density at radius 1 is 0.455 bits per heavy atom. The van der Waals surface area contributed by atoms with Crippen LogP contribution in [0, 0.1) is 0 Å². The highest BCUT2D eigenvalue weighted by Crippen LogP contribution is 2.18. The Morgan fingerprint density at radius 2 is 0.818 bits per heavy atom. The summed E-state index contributed by atoms with van der Waals surface area (Å²) in [4.78, 5) is 26.2. The number of rotatable bonds is 50. The van der Waals surface area contributed by atoms with Crippen LogP contribution in [0.4, 0.5) is 0 Å². The second-order valence-electron chi connectivity index (χ2n) is 19.0. The number of unbranched alkanes of at least 4 members (excludes halogenated alkanes) is 26. The molecule has 0 heterocycles. The maximum absolute atomic E-state index is 13.2. The predicted octanol–water partition coefficient (Wildman–Crippen LogP) is 17.3. The maximum atomic E-state index is 13.2. The van der Waals surface area contributed by atoms with Gasteiger partial charge in [0.05, 0.1) is 25.2 Å². The first-order valence-electron chi connectivity index (χ1n) is 28.2. The molecule has 0 aromatic rings. The molecule has 0 saturated carbocycles. The lowest BCUT2D eigenvalue weighted by atomic mass is 10.0. The maximum Gasteiger partial charge on any atom is 0.306 e. The lowest BCUT2D eigenvalue weighted by Gasteiger charge is -2.24. The molecule has 0 spiro atoms. The van der Waals surface area contributed by atoms with Gasteiger partial charge in [0.25, 0.3) is 0 Å². The molecule has 0 bridgehead atoms. The van der Waals surface area contributed by atoms with Crippen molar-refractivity contribution in [2.45, 2.75) is 289 Å². The third-order valence-electron chi connectivity index (χ3n) is 12.5. The molecule has 0 saturated heterocycles. The number of hydrogen-bond donors (Lipinski definition) is 3. The lowest BCUT2D eigenvalue weighted by Crippen LogP contribution is -2.46. The molecular formula is C60H107NO5. The molecule has 382 valence electrons. The number of esters is 1. The molecule has 0 aliphatic carbocycles. The van der Waals surface area contributed by atoms with E-state index >= 15 is 0 Å². The van der Waals surface area contributed by atoms with E-state index in [9.17, 15) is 19.8 Å². The molecule has 0 radical (unpaired) electrons. The summed E-state index contributed by atoms with van der Waals surface area (Å²) in [5.74, 6) is -0.512. The number of amides is 1. The van der Waals surface area contributed by atoms with Crippen LogP contribution in [0.25, 0.3) is 0 Å². The highest BCUT2D eigenvalue weighted by Gasteiger charge is 2.24. The fourth-order valence-electron chi connectivity index (χ4n) is 8.28. The molecule has 6 heteroatoms. The number of nitrogens with one attached hydrogen (secondary N) is 1. The van der Waals surface area contributed by atoms with Crippen LogP contribution >= 0.6 is 0 Å². The van der Waals surface area contributed by atoms with E-state index in [0.29, 0.717) is 19.3 Å². The SMILES string of the molecule is CC/C=C\C/C=C\C/C=C\C/C=C\C/C=C\CCCCCC(=O)OC(CCCCCCCCC/C=C/CCCCCCCC)CC(=O)NC(CO)C(O)CCCCCCCCCCCCC. The van der Waals surface area contributed by atoms with Gasteiger partial charge >= 0.3 is 5.97 Å². The van der Waals surface area contributed by atoms with Crippen molar-refractivity contribution in [3.05, 3.63) is 72.9 Å². The minimum Gasteiger partial charge on any atom is -0.462 e. The number of carbonyl (C=O) groups excluding carboxylic acids is 2. The van der Waals surface area contributed by atoms with Gasteiger partial charge < -0.3 is 20.3 Å². The van der Waals surface area contributed by atoms with Gasteiger partial charge in [0.2, 0.25) is 5.91 Å². The topological polar surface area (TPSA) is 95.9 Å². The minimum absolute atomic E-state index is 0.0594. The summed E-state index contributed by atoms with van der Waals surface area (Å²) in [5.41, 5.74) is 0. The number of ether oxygens (including phenoxy) is 1. The van der Waals surface area contributed by atoms with E-state index in [4.69, 9.17) is 4.74 Å². The van der Waals surface area contributed by atoms with Gasteiger partial charge in [-0.25, -0.2) is 0 Å². The Hall–Kier alpha value is -2.70. The summed E-state index contributed by atoms with van der Waals surface area (Å²) in [6.45, 7) is 6.36. The normalized spacial score (nSPS) is 13.7. The van der Waals surface area contributed by atoms with Crippen LogP contribution in [0.2, 0.25) is 0 Å². The molecule has 6 nitrogen and oxygen atoms in total. The van der Waals surface area contributed by atoms with Crippen molar-refractivity contribution in [2.24, 2.45) is 0 Å². The largest absolute Gasteiger partial charge is 0.462 e. The molecule has 0 aromatic carbocycles. The highest BCUT2D eigenvalue weighted by atomic mass is 16.5. The number of carbonyl (C=O) groups is 2. The van der Waals surface area contributed by atoms with Gasteiger partial charge in [-0.3, -0.25) is 9.59 Å². The molecule has 0 aliphatic rings. The summed E-state index contributed by atoms with van der Waals surface area (Å²) >= 11 is 0. The van der Waals surface area contributed by atoms with E-state index in [2.05, 4.69) is 99.0 Å². The van der Waals surface area contributed by atoms with E-state index in [0.717, 1.165) is 96.3 Å². The quantitative estimate of drug-likeness (QED) is 0.0321. The molecule has 3 N–H and O–H groups in total. The van der Waals surface area contributed by atoms with Crippen molar-refractivity contribution in [3.8, 4) is 0 Å². The van der Waals surface area contributed by atoms with Crippen LogP contribution < -0.4 is 5.32 Å². The number of aliphatic hydroxyl groups is 2.